The topological polar surface area (TPSA) is 75.7 Å². The van der Waals surface area contributed by atoms with Crippen molar-refractivity contribution in [3.63, 3.8) is 0 Å². The normalized spacial score (nSPS) is 18.8. The number of hydrogen-bond donors (Lipinski definition) is 0. The molecule has 1 atom stereocenters. The van der Waals surface area contributed by atoms with Gasteiger partial charge >= 0.3 is 196 Å². The third-order valence-electron chi connectivity index (χ3n) is 6.77. The number of fused-ring (bicyclic) bond motifs is 1. The average molecular weight is 494 g/mol. The molecule has 176 valence electrons. The van der Waals surface area contributed by atoms with Gasteiger partial charge in [0, 0.05) is 0 Å². The van der Waals surface area contributed by atoms with Crippen molar-refractivity contribution in [1.82, 2.24) is 0 Å². The predicted octanol–water partition coefficient (Wildman–Crippen LogP) is 5.67. The van der Waals surface area contributed by atoms with Gasteiger partial charge in [0.2, 0.25) is 0 Å². The summed E-state index contributed by atoms with van der Waals surface area (Å²) in [6.07, 6.45) is 8.95. The van der Waals surface area contributed by atoms with Crippen LogP contribution in [-0.4, -0.2) is 19.0 Å². The van der Waals surface area contributed by atoms with Crippen LogP contribution >= 0.6 is 0 Å². The third kappa shape index (κ3) is 5.43. The summed E-state index contributed by atoms with van der Waals surface area (Å²) < 4.78 is 12.2. The molecule has 0 aromatic heterocycles. The van der Waals surface area contributed by atoms with Gasteiger partial charge in [0.1, 0.15) is 0 Å². The number of hydrogen-bond acceptors (Lipinski definition) is 5. The van der Waals surface area contributed by atoms with E-state index in [9.17, 15) is 9.59 Å². The summed E-state index contributed by atoms with van der Waals surface area (Å²) in [7, 11) is 0.750. The zero-order valence-corrected chi connectivity index (χ0v) is 21.1. The van der Waals surface area contributed by atoms with Gasteiger partial charge in [-0.25, -0.2) is 0 Å². The molecule has 0 radical (unpaired) electrons. The molecule has 0 saturated heterocycles. The van der Waals surface area contributed by atoms with E-state index in [2.05, 4.69) is 0 Å². The number of rotatable bonds is 5. The molecule has 3 aliphatic rings. The van der Waals surface area contributed by atoms with Crippen molar-refractivity contribution in [2.75, 3.05) is 7.11 Å². The maximum absolute atomic E-state index is 13.0. The molecule has 6 heteroatoms. The summed E-state index contributed by atoms with van der Waals surface area (Å²) in [4.78, 5) is 25.9. The Bertz CT molecular complexity index is 1020. The van der Waals surface area contributed by atoms with Crippen LogP contribution in [0.15, 0.2) is 83.0 Å². The van der Waals surface area contributed by atoms with Gasteiger partial charge in [-0.15, -0.1) is 0 Å². The summed E-state index contributed by atoms with van der Waals surface area (Å²) in [6.45, 7) is 0. The summed E-state index contributed by atoms with van der Waals surface area (Å²) >= 11 is -3.04. The van der Waals surface area contributed by atoms with E-state index < -0.39 is 18.6 Å². The first-order chi connectivity index (χ1) is 16.7. The molecule has 0 bridgehead atoms. The molecule has 3 aliphatic carbocycles. The zero-order valence-electron chi connectivity index (χ0n) is 19.5. The Morgan fingerprint density at radius 2 is 1.29 bits per heavy atom. The first-order valence-electron chi connectivity index (χ1n) is 12.0. The SMILES string of the molecule is C[O-].O=C([O][Ti+]([O]C(=O)c1ccccc1)[CH]1CCCC2=C1CC1=C2CCCC1)c1ccccc1. The van der Waals surface area contributed by atoms with Crippen molar-refractivity contribution >= 4 is 11.9 Å². The van der Waals surface area contributed by atoms with E-state index in [0.717, 1.165) is 32.8 Å². The van der Waals surface area contributed by atoms with Crippen LogP contribution in [0.5, 0.6) is 0 Å². The fourth-order valence-electron chi connectivity index (χ4n) is 5.23. The standard InChI is InChI=1S/C13H17.2C7H6O2.CH3O.Ti/c1-3-7-12-10(5-1)9-11-6-2-4-8-13(11)12;2*8-7(9)6-4-2-1-3-5-6;1-2;/h5H,1-4,6-9H2;2*1-5H,(H,8,9);1H3;/q;;;-1;+3/p-2. The van der Waals surface area contributed by atoms with Crippen LogP contribution in [0.25, 0.3) is 0 Å². The van der Waals surface area contributed by atoms with Crippen LogP contribution in [0, 0.1) is 0 Å². The van der Waals surface area contributed by atoms with Gasteiger partial charge in [-0.1, -0.05) is 0 Å². The van der Waals surface area contributed by atoms with Gasteiger partial charge in [0.25, 0.3) is 0 Å². The minimum absolute atomic E-state index is 0.0738. The van der Waals surface area contributed by atoms with E-state index in [4.69, 9.17) is 11.7 Å². The number of carbonyl (C=O) groups excluding carboxylic acids is 2. The average Bonchev–Trinajstić information content (AvgIpc) is 3.29. The molecule has 5 rings (SSSR count). The Balaban J connectivity index is 0.00000133. The van der Waals surface area contributed by atoms with Crippen LogP contribution < -0.4 is 5.11 Å². The van der Waals surface area contributed by atoms with Crippen LogP contribution in [-0.2, 0) is 25.3 Å². The Morgan fingerprint density at radius 3 is 1.88 bits per heavy atom. The van der Waals surface area contributed by atoms with Gasteiger partial charge in [0.05, 0.1) is 0 Å². The number of benzene rings is 2. The zero-order chi connectivity index (χ0) is 23.9. The molecular weight excluding hydrogens is 464 g/mol. The first kappa shape index (κ1) is 24.7. The summed E-state index contributed by atoms with van der Waals surface area (Å²) in [6, 6.07) is 18.0. The molecule has 2 aromatic carbocycles. The molecule has 0 amide bonds. The van der Waals surface area contributed by atoms with E-state index >= 15 is 0 Å². The van der Waals surface area contributed by atoms with Crippen molar-refractivity contribution in [3.8, 4) is 0 Å². The van der Waals surface area contributed by atoms with Crippen LogP contribution in [0.1, 0.15) is 72.1 Å². The second-order valence-electron chi connectivity index (χ2n) is 8.74. The van der Waals surface area contributed by atoms with Crippen molar-refractivity contribution in [2.24, 2.45) is 0 Å². The van der Waals surface area contributed by atoms with Crippen LogP contribution in [0.4, 0.5) is 0 Å². The molecule has 0 fully saturated rings. The first-order valence-corrected chi connectivity index (χ1v) is 14.1. The molecule has 2 aromatic rings. The van der Waals surface area contributed by atoms with Crippen LogP contribution in [0.2, 0.25) is 4.22 Å². The van der Waals surface area contributed by atoms with E-state index in [0.29, 0.717) is 11.1 Å². The van der Waals surface area contributed by atoms with Gasteiger partial charge in [0.15, 0.2) is 0 Å². The van der Waals surface area contributed by atoms with Crippen LogP contribution in [0.3, 0.4) is 0 Å². The second-order valence-corrected chi connectivity index (χ2v) is 11.5. The monoisotopic (exact) mass is 494 g/mol. The predicted molar refractivity (Wildman–Crippen MR) is 124 cm³/mol. The number of carbonyl (C=O) groups is 2. The van der Waals surface area contributed by atoms with Gasteiger partial charge in [-0.2, -0.15) is 7.11 Å². The van der Waals surface area contributed by atoms with Crippen molar-refractivity contribution in [3.05, 3.63) is 94.1 Å². The minimum atomic E-state index is -3.04. The fraction of sp³-hybridized carbons (Fsp3) is 0.357. The Hall–Kier alpha value is -2.47. The molecule has 0 saturated carbocycles. The Labute approximate surface area is 208 Å². The summed E-state index contributed by atoms with van der Waals surface area (Å²) in [5.41, 5.74) is 7.04. The molecule has 34 heavy (non-hydrogen) atoms. The Morgan fingerprint density at radius 1 is 0.765 bits per heavy atom. The van der Waals surface area contributed by atoms with E-state index in [-0.39, 0.29) is 16.2 Å². The quantitative estimate of drug-likeness (QED) is 0.501. The molecule has 0 heterocycles. The van der Waals surface area contributed by atoms with E-state index in [1.54, 1.807) is 35.4 Å². The van der Waals surface area contributed by atoms with Gasteiger partial charge in [-0.3, -0.25) is 0 Å². The number of allylic oxidation sites excluding steroid dienone is 4. The molecule has 0 N–H and O–H groups in total. The molecule has 1 unspecified atom stereocenters. The second kappa shape index (κ2) is 11.8. The third-order valence-corrected chi connectivity index (χ3v) is 9.86. The Kier molecular flexibility index (Phi) is 8.55. The van der Waals surface area contributed by atoms with E-state index in [1.807, 2.05) is 36.4 Å². The fourth-order valence-corrected chi connectivity index (χ4v) is 8.24. The van der Waals surface area contributed by atoms with Crippen molar-refractivity contribution in [1.29, 1.82) is 0 Å². The van der Waals surface area contributed by atoms with Crippen molar-refractivity contribution in [2.45, 2.75) is 55.6 Å². The molecular formula is C28H30O5Ti. The molecule has 5 nitrogen and oxygen atoms in total. The van der Waals surface area contributed by atoms with Gasteiger partial charge in [-0.05, 0) is 0 Å². The molecule has 0 spiro atoms. The summed E-state index contributed by atoms with van der Waals surface area (Å²) in [5, 5.41) is 8.25. The summed E-state index contributed by atoms with van der Waals surface area (Å²) in [5.74, 6) is -0.769. The molecule has 0 aliphatic heterocycles. The van der Waals surface area contributed by atoms with Crippen molar-refractivity contribution < 1.29 is 40.0 Å². The van der Waals surface area contributed by atoms with E-state index in [1.165, 1.54) is 36.8 Å². The van der Waals surface area contributed by atoms with Gasteiger partial charge < -0.3 is 5.11 Å². The maximum atomic E-state index is 13.0.